The Bertz CT molecular complexity index is 778. The number of carbonyl (C=O) groups excluding carboxylic acids is 1. The second-order valence-corrected chi connectivity index (χ2v) is 7.32. The van der Waals surface area contributed by atoms with E-state index in [9.17, 15) is 23.1 Å². The molecule has 3 rings (SSSR count). The maximum absolute atomic E-state index is 13.1. The Hall–Kier alpha value is -1.97. The van der Waals surface area contributed by atoms with E-state index in [2.05, 4.69) is 4.98 Å². The summed E-state index contributed by atoms with van der Waals surface area (Å²) in [5.74, 6) is -0.460. The van der Waals surface area contributed by atoms with Gasteiger partial charge in [0.1, 0.15) is 11.5 Å². The number of ether oxygens (including phenoxy) is 3. The number of fused-ring (bicyclic) bond motifs is 2. The third-order valence-corrected chi connectivity index (χ3v) is 5.29. The number of aliphatic hydroxyl groups excluding tert-OH is 1. The summed E-state index contributed by atoms with van der Waals surface area (Å²) in [6, 6.07) is 1.90. The van der Waals surface area contributed by atoms with Crippen LogP contribution in [0.5, 0.6) is 0 Å². The van der Waals surface area contributed by atoms with Crippen molar-refractivity contribution in [2.45, 2.75) is 32.0 Å². The predicted molar refractivity (Wildman–Crippen MR) is 97.0 cm³/mol. The monoisotopic (exact) mass is 415 g/mol. The van der Waals surface area contributed by atoms with Crippen molar-refractivity contribution in [2.24, 2.45) is 11.8 Å². The number of aromatic nitrogens is 1. The molecule has 1 aromatic heterocycles. The zero-order chi connectivity index (χ0) is 21.0. The van der Waals surface area contributed by atoms with E-state index in [4.69, 9.17) is 14.2 Å². The molecule has 6 nitrogen and oxygen atoms in total. The van der Waals surface area contributed by atoms with Crippen molar-refractivity contribution in [1.82, 2.24) is 4.98 Å². The highest BCUT2D eigenvalue weighted by Crippen LogP contribution is 2.37. The van der Waals surface area contributed by atoms with Crippen LogP contribution < -0.4 is 0 Å². The highest BCUT2D eigenvalue weighted by Gasteiger charge is 2.36. The van der Waals surface area contributed by atoms with Crippen LogP contribution in [-0.2, 0) is 31.8 Å². The van der Waals surface area contributed by atoms with Crippen molar-refractivity contribution in [2.75, 3.05) is 33.5 Å². The Kier molecular flexibility index (Phi) is 6.92. The van der Waals surface area contributed by atoms with Gasteiger partial charge >= 0.3 is 6.18 Å². The number of alkyl halides is 3. The first kappa shape index (κ1) is 21.7. The lowest BCUT2D eigenvalue weighted by atomic mass is 9.92. The number of pyridine rings is 1. The van der Waals surface area contributed by atoms with Gasteiger partial charge in [-0.1, -0.05) is 0 Å². The molecule has 1 aliphatic heterocycles. The molecule has 1 saturated carbocycles. The van der Waals surface area contributed by atoms with E-state index in [0.717, 1.165) is 25.0 Å². The lowest BCUT2D eigenvalue weighted by molar-refractivity contribution is -0.141. The largest absolute Gasteiger partial charge is 0.507 e. The van der Waals surface area contributed by atoms with Crippen LogP contribution in [-0.4, -0.2) is 49.4 Å². The van der Waals surface area contributed by atoms with Gasteiger partial charge in [-0.3, -0.25) is 4.79 Å². The number of halogens is 3. The lowest BCUT2D eigenvalue weighted by Crippen LogP contribution is -2.23. The van der Waals surface area contributed by atoms with E-state index >= 15 is 0 Å². The summed E-state index contributed by atoms with van der Waals surface area (Å²) in [6.45, 7) is 0.565. The first-order chi connectivity index (χ1) is 13.8. The van der Waals surface area contributed by atoms with Gasteiger partial charge < -0.3 is 19.3 Å². The van der Waals surface area contributed by atoms with Crippen LogP contribution in [0.15, 0.2) is 17.7 Å². The summed E-state index contributed by atoms with van der Waals surface area (Å²) in [5.41, 5.74) is -1.07. The van der Waals surface area contributed by atoms with E-state index < -0.39 is 17.6 Å². The molecule has 0 spiro atoms. The first-order valence-electron chi connectivity index (χ1n) is 9.49. The van der Waals surface area contributed by atoms with Crippen LogP contribution in [0, 0.1) is 11.8 Å². The molecule has 1 aliphatic carbocycles. The molecule has 1 N–H and O–H groups in total. The average molecular weight is 415 g/mol. The number of methoxy groups -OCH3 is 1. The van der Waals surface area contributed by atoms with E-state index in [1.807, 2.05) is 0 Å². The van der Waals surface area contributed by atoms with Crippen LogP contribution in [0.4, 0.5) is 13.2 Å². The molecule has 1 aromatic rings. The predicted octanol–water partition coefficient (Wildman–Crippen LogP) is 3.55. The highest BCUT2D eigenvalue weighted by atomic mass is 19.4. The molecule has 0 amide bonds. The van der Waals surface area contributed by atoms with Crippen molar-refractivity contribution < 1.29 is 37.3 Å². The molecule has 2 atom stereocenters. The van der Waals surface area contributed by atoms with Gasteiger partial charge in [0.2, 0.25) is 0 Å². The standard InChI is InChI=1S/C20H24F3NO5/c1-27-6-7-28-11-16-14(4-5-17(24-16)20(21,22)23)19(26)15-10-29-9-12-2-3-13(8-12)18(15)25/h4-5,12-13,26H,2-3,6-11H2,1H3. The van der Waals surface area contributed by atoms with Crippen LogP contribution in [0.1, 0.15) is 36.2 Å². The molecule has 29 heavy (non-hydrogen) atoms. The van der Waals surface area contributed by atoms with Crippen LogP contribution in [0.25, 0.3) is 5.76 Å². The summed E-state index contributed by atoms with van der Waals surface area (Å²) in [4.78, 5) is 16.5. The van der Waals surface area contributed by atoms with E-state index in [0.29, 0.717) is 18.9 Å². The molecular weight excluding hydrogens is 391 g/mol. The van der Waals surface area contributed by atoms with Crippen molar-refractivity contribution in [1.29, 1.82) is 0 Å². The minimum absolute atomic E-state index is 0.0393. The van der Waals surface area contributed by atoms with Crippen molar-refractivity contribution >= 4 is 11.5 Å². The molecule has 2 unspecified atom stereocenters. The van der Waals surface area contributed by atoms with Crippen molar-refractivity contribution in [3.8, 4) is 0 Å². The van der Waals surface area contributed by atoms with Gasteiger partial charge in [0.15, 0.2) is 5.78 Å². The minimum Gasteiger partial charge on any atom is -0.507 e. The molecule has 0 radical (unpaired) electrons. The van der Waals surface area contributed by atoms with E-state index in [-0.39, 0.29) is 55.0 Å². The maximum atomic E-state index is 13.1. The maximum Gasteiger partial charge on any atom is 0.433 e. The lowest BCUT2D eigenvalue weighted by Gasteiger charge is -2.20. The van der Waals surface area contributed by atoms with Gasteiger partial charge in [0.05, 0.1) is 37.7 Å². The number of nitrogens with zero attached hydrogens (tertiary/aromatic N) is 1. The van der Waals surface area contributed by atoms with Crippen LogP contribution in [0.3, 0.4) is 0 Å². The topological polar surface area (TPSA) is 77.9 Å². The first-order valence-corrected chi connectivity index (χ1v) is 9.49. The molecule has 1 saturated heterocycles. The summed E-state index contributed by atoms with van der Waals surface area (Å²) in [7, 11) is 1.47. The Morgan fingerprint density at radius 1 is 1.31 bits per heavy atom. The number of ketones is 1. The third-order valence-electron chi connectivity index (χ3n) is 5.29. The van der Waals surface area contributed by atoms with Crippen LogP contribution >= 0.6 is 0 Å². The molecule has 9 heteroatoms. The van der Waals surface area contributed by atoms with Crippen molar-refractivity contribution in [3.63, 3.8) is 0 Å². The molecular formula is C20H24F3NO5. The second-order valence-electron chi connectivity index (χ2n) is 7.32. The second kappa shape index (κ2) is 9.23. The fourth-order valence-corrected chi connectivity index (χ4v) is 3.75. The number of rotatable bonds is 6. The normalized spacial score (nSPS) is 24.3. The Balaban J connectivity index is 1.95. The number of Topliss-reactive ketones (excluding diaryl/α,β-unsaturated/α-hetero) is 1. The third kappa shape index (κ3) is 5.15. The quantitative estimate of drug-likeness (QED) is 0.435. The molecule has 160 valence electrons. The molecule has 2 fully saturated rings. The number of hydrogen-bond donors (Lipinski definition) is 1. The zero-order valence-electron chi connectivity index (χ0n) is 16.1. The van der Waals surface area contributed by atoms with Gasteiger partial charge in [-0.05, 0) is 37.3 Å². The number of hydrogen-bond acceptors (Lipinski definition) is 6. The van der Waals surface area contributed by atoms with Crippen molar-refractivity contribution in [3.05, 3.63) is 34.7 Å². The SMILES string of the molecule is COCCOCc1nc(C(F)(F)F)ccc1C(O)=C1COCC2CCC(C2)C1=O. The Morgan fingerprint density at radius 3 is 2.83 bits per heavy atom. The fraction of sp³-hybridized carbons (Fsp3) is 0.600. The Labute approximate surface area is 166 Å². The fourth-order valence-electron chi connectivity index (χ4n) is 3.75. The van der Waals surface area contributed by atoms with Gasteiger partial charge in [-0.25, -0.2) is 4.98 Å². The van der Waals surface area contributed by atoms with Crippen LogP contribution in [0.2, 0.25) is 0 Å². The van der Waals surface area contributed by atoms with Gasteiger partial charge in [0.25, 0.3) is 0 Å². The van der Waals surface area contributed by atoms with E-state index in [1.54, 1.807) is 0 Å². The average Bonchev–Trinajstić information content (AvgIpc) is 3.16. The van der Waals surface area contributed by atoms with Gasteiger partial charge in [-0.15, -0.1) is 0 Å². The smallest absolute Gasteiger partial charge is 0.433 e. The molecule has 2 aliphatic rings. The zero-order valence-corrected chi connectivity index (χ0v) is 16.1. The number of aliphatic hydroxyl groups is 1. The van der Waals surface area contributed by atoms with Gasteiger partial charge in [0, 0.05) is 25.2 Å². The Morgan fingerprint density at radius 2 is 2.10 bits per heavy atom. The molecule has 2 heterocycles. The minimum atomic E-state index is -4.64. The van der Waals surface area contributed by atoms with Gasteiger partial charge in [-0.2, -0.15) is 13.2 Å². The number of carbonyl (C=O) groups is 1. The highest BCUT2D eigenvalue weighted by molar-refractivity contribution is 6.03. The molecule has 2 bridgehead atoms. The summed E-state index contributed by atoms with van der Waals surface area (Å²) in [5, 5.41) is 10.8. The van der Waals surface area contributed by atoms with E-state index in [1.165, 1.54) is 7.11 Å². The summed E-state index contributed by atoms with van der Waals surface area (Å²) >= 11 is 0. The summed E-state index contributed by atoms with van der Waals surface area (Å²) < 4.78 is 55.0. The summed E-state index contributed by atoms with van der Waals surface area (Å²) in [6.07, 6.45) is -2.32. The molecule has 0 aromatic carbocycles.